The van der Waals surface area contributed by atoms with E-state index >= 15 is 0 Å². The predicted octanol–water partition coefficient (Wildman–Crippen LogP) is 5.57. The van der Waals surface area contributed by atoms with E-state index in [-0.39, 0.29) is 5.91 Å². The van der Waals surface area contributed by atoms with Crippen molar-refractivity contribution in [3.8, 4) is 5.75 Å². The molecule has 142 valence electrons. The number of amides is 1. The summed E-state index contributed by atoms with van der Waals surface area (Å²) in [7, 11) is 0. The van der Waals surface area contributed by atoms with Crippen LogP contribution in [0.15, 0.2) is 42.5 Å². The first kappa shape index (κ1) is 19.0. The number of hydrogen-bond donors (Lipinski definition) is 1. The Kier molecular flexibility index (Phi) is 5.84. The molecule has 1 aromatic heterocycles. The maximum atomic E-state index is 13.2. The standard InChI is InChI=1S/C23H28N2O2/c1-5-14-27-21-11-9-8-10-19(21)24-23(26)22-16(4)18-15-17(6-2)12-13-20(18)25(22)7-3/h8-13,15H,5-7,14H2,1-4H3,(H,24,26). The number of para-hydroxylation sites is 2. The highest BCUT2D eigenvalue weighted by Gasteiger charge is 2.20. The van der Waals surface area contributed by atoms with E-state index in [1.165, 1.54) is 5.56 Å². The Bertz CT molecular complexity index is 956. The van der Waals surface area contributed by atoms with Gasteiger partial charge in [0.15, 0.2) is 0 Å². The van der Waals surface area contributed by atoms with Crippen LogP contribution >= 0.6 is 0 Å². The fourth-order valence-electron chi connectivity index (χ4n) is 3.50. The number of benzene rings is 2. The summed E-state index contributed by atoms with van der Waals surface area (Å²) in [6, 6.07) is 14.1. The third-order valence-electron chi connectivity index (χ3n) is 4.92. The summed E-state index contributed by atoms with van der Waals surface area (Å²) >= 11 is 0. The first-order chi connectivity index (χ1) is 13.1. The van der Waals surface area contributed by atoms with Gasteiger partial charge in [-0.05, 0) is 62.1 Å². The van der Waals surface area contributed by atoms with Gasteiger partial charge in [-0.3, -0.25) is 4.79 Å². The molecule has 1 amide bonds. The van der Waals surface area contributed by atoms with Crippen LogP contribution in [0.4, 0.5) is 5.69 Å². The number of nitrogens with one attached hydrogen (secondary N) is 1. The second-order valence-corrected chi connectivity index (χ2v) is 6.72. The normalized spacial score (nSPS) is 11.0. The third kappa shape index (κ3) is 3.70. The number of aryl methyl sites for hydroxylation is 3. The molecule has 0 atom stereocenters. The highest BCUT2D eigenvalue weighted by Crippen LogP contribution is 2.29. The summed E-state index contributed by atoms with van der Waals surface area (Å²) < 4.78 is 7.87. The molecule has 1 heterocycles. The van der Waals surface area contributed by atoms with Crippen LogP contribution in [0.2, 0.25) is 0 Å². The molecule has 0 aliphatic rings. The van der Waals surface area contributed by atoms with Gasteiger partial charge in [-0.2, -0.15) is 0 Å². The molecule has 4 heteroatoms. The van der Waals surface area contributed by atoms with E-state index in [2.05, 4.69) is 48.9 Å². The monoisotopic (exact) mass is 364 g/mol. The Hall–Kier alpha value is -2.75. The summed E-state index contributed by atoms with van der Waals surface area (Å²) in [6.45, 7) is 9.68. The molecular weight excluding hydrogens is 336 g/mol. The second kappa shape index (κ2) is 8.30. The average Bonchev–Trinajstić information content (AvgIpc) is 2.98. The van der Waals surface area contributed by atoms with Crippen molar-refractivity contribution in [2.45, 2.75) is 47.1 Å². The van der Waals surface area contributed by atoms with Gasteiger partial charge in [-0.25, -0.2) is 0 Å². The van der Waals surface area contributed by atoms with E-state index in [0.717, 1.165) is 35.9 Å². The van der Waals surface area contributed by atoms with Crippen molar-refractivity contribution in [1.82, 2.24) is 4.57 Å². The van der Waals surface area contributed by atoms with Crippen LogP contribution in [0.25, 0.3) is 10.9 Å². The van der Waals surface area contributed by atoms with Gasteiger partial charge in [-0.1, -0.05) is 32.0 Å². The number of anilines is 1. The molecule has 0 saturated heterocycles. The molecule has 27 heavy (non-hydrogen) atoms. The van der Waals surface area contributed by atoms with Crippen molar-refractivity contribution in [3.05, 3.63) is 59.3 Å². The van der Waals surface area contributed by atoms with Crippen molar-refractivity contribution in [3.63, 3.8) is 0 Å². The molecule has 0 fully saturated rings. The molecule has 4 nitrogen and oxygen atoms in total. The number of nitrogens with zero attached hydrogens (tertiary/aromatic N) is 1. The van der Waals surface area contributed by atoms with Crippen LogP contribution in [0.1, 0.15) is 48.8 Å². The van der Waals surface area contributed by atoms with Crippen LogP contribution in [0.5, 0.6) is 5.75 Å². The van der Waals surface area contributed by atoms with Gasteiger partial charge in [-0.15, -0.1) is 0 Å². The van der Waals surface area contributed by atoms with Crippen molar-refractivity contribution in [1.29, 1.82) is 0 Å². The maximum absolute atomic E-state index is 13.2. The number of carbonyl (C=O) groups is 1. The fourth-order valence-corrected chi connectivity index (χ4v) is 3.50. The minimum Gasteiger partial charge on any atom is -0.491 e. The van der Waals surface area contributed by atoms with Crippen LogP contribution in [0.3, 0.4) is 0 Å². The van der Waals surface area contributed by atoms with E-state index in [1.807, 2.05) is 31.2 Å². The minimum absolute atomic E-state index is 0.101. The van der Waals surface area contributed by atoms with Gasteiger partial charge in [0.05, 0.1) is 12.3 Å². The van der Waals surface area contributed by atoms with Crippen molar-refractivity contribution in [2.24, 2.45) is 0 Å². The topological polar surface area (TPSA) is 43.3 Å². The van der Waals surface area contributed by atoms with Crippen molar-refractivity contribution >= 4 is 22.5 Å². The minimum atomic E-state index is -0.101. The smallest absolute Gasteiger partial charge is 0.272 e. The molecule has 2 aromatic carbocycles. The largest absolute Gasteiger partial charge is 0.491 e. The Morgan fingerprint density at radius 2 is 1.89 bits per heavy atom. The van der Waals surface area contributed by atoms with Gasteiger partial charge in [0.2, 0.25) is 0 Å². The average molecular weight is 364 g/mol. The summed E-state index contributed by atoms with van der Waals surface area (Å²) in [5.74, 6) is 0.605. The van der Waals surface area contributed by atoms with Gasteiger partial charge in [0.1, 0.15) is 11.4 Å². The number of rotatable bonds is 7. The molecule has 3 aromatic rings. The van der Waals surface area contributed by atoms with Crippen LogP contribution < -0.4 is 10.1 Å². The van der Waals surface area contributed by atoms with Crippen molar-refractivity contribution < 1.29 is 9.53 Å². The fraction of sp³-hybridized carbons (Fsp3) is 0.348. The molecule has 0 aliphatic carbocycles. The van der Waals surface area contributed by atoms with Gasteiger partial charge in [0, 0.05) is 17.4 Å². The van der Waals surface area contributed by atoms with E-state index in [4.69, 9.17) is 4.74 Å². The molecule has 0 saturated carbocycles. The number of ether oxygens (including phenoxy) is 1. The van der Waals surface area contributed by atoms with Crippen molar-refractivity contribution in [2.75, 3.05) is 11.9 Å². The zero-order valence-electron chi connectivity index (χ0n) is 16.6. The molecule has 0 radical (unpaired) electrons. The summed E-state index contributed by atoms with van der Waals surface area (Å²) in [5, 5.41) is 4.21. The Morgan fingerprint density at radius 1 is 1.11 bits per heavy atom. The van der Waals surface area contributed by atoms with E-state index in [0.29, 0.717) is 23.7 Å². The summed E-state index contributed by atoms with van der Waals surface area (Å²) in [6.07, 6.45) is 1.90. The Labute approximate surface area is 161 Å². The summed E-state index contributed by atoms with van der Waals surface area (Å²) in [4.78, 5) is 13.2. The second-order valence-electron chi connectivity index (χ2n) is 6.72. The lowest BCUT2D eigenvalue weighted by atomic mass is 10.1. The third-order valence-corrected chi connectivity index (χ3v) is 4.92. The van der Waals surface area contributed by atoms with Gasteiger partial charge < -0.3 is 14.6 Å². The molecule has 0 unspecified atom stereocenters. The zero-order valence-corrected chi connectivity index (χ0v) is 16.6. The number of hydrogen-bond acceptors (Lipinski definition) is 2. The highest BCUT2D eigenvalue weighted by atomic mass is 16.5. The summed E-state index contributed by atoms with van der Waals surface area (Å²) in [5.41, 5.74) is 4.83. The van der Waals surface area contributed by atoms with Gasteiger partial charge >= 0.3 is 0 Å². The molecule has 3 rings (SSSR count). The molecule has 0 spiro atoms. The number of carbonyl (C=O) groups excluding carboxylic acids is 1. The van der Waals surface area contributed by atoms with Crippen LogP contribution in [-0.4, -0.2) is 17.1 Å². The molecule has 0 bridgehead atoms. The quantitative estimate of drug-likeness (QED) is 0.595. The van der Waals surface area contributed by atoms with Gasteiger partial charge in [0.25, 0.3) is 5.91 Å². The first-order valence-corrected chi connectivity index (χ1v) is 9.75. The van der Waals surface area contributed by atoms with E-state index < -0.39 is 0 Å². The zero-order chi connectivity index (χ0) is 19.4. The molecule has 0 aliphatic heterocycles. The molecule has 1 N–H and O–H groups in total. The SMILES string of the molecule is CCCOc1ccccc1NC(=O)c1c(C)c2cc(CC)ccc2n1CC. The number of fused-ring (bicyclic) bond motifs is 1. The van der Waals surface area contributed by atoms with Crippen LogP contribution in [0, 0.1) is 6.92 Å². The lowest BCUT2D eigenvalue weighted by Crippen LogP contribution is -2.18. The Balaban J connectivity index is 2.00. The number of aromatic nitrogens is 1. The van der Waals surface area contributed by atoms with E-state index in [9.17, 15) is 4.79 Å². The maximum Gasteiger partial charge on any atom is 0.272 e. The highest BCUT2D eigenvalue weighted by molar-refractivity contribution is 6.09. The van der Waals surface area contributed by atoms with Crippen LogP contribution in [-0.2, 0) is 13.0 Å². The predicted molar refractivity (Wildman–Crippen MR) is 112 cm³/mol. The Morgan fingerprint density at radius 3 is 2.59 bits per heavy atom. The lowest BCUT2D eigenvalue weighted by molar-refractivity contribution is 0.101. The first-order valence-electron chi connectivity index (χ1n) is 9.75. The molecular formula is C23H28N2O2. The van der Waals surface area contributed by atoms with E-state index in [1.54, 1.807) is 0 Å². The lowest BCUT2D eigenvalue weighted by Gasteiger charge is -2.13.